The van der Waals surface area contributed by atoms with Gasteiger partial charge in [0.2, 0.25) is 0 Å². The fraction of sp³-hybridized carbons (Fsp3) is 1.00. The Morgan fingerprint density at radius 1 is 0.857 bits per heavy atom. The van der Waals surface area contributed by atoms with Crippen LogP contribution in [0.4, 0.5) is 0 Å². The third kappa shape index (κ3) is 6.73. The molecule has 0 aliphatic rings. The van der Waals surface area contributed by atoms with E-state index in [1.807, 2.05) is 0 Å². The van der Waals surface area contributed by atoms with Crippen molar-refractivity contribution in [3.8, 4) is 0 Å². The molecular formula is C6H14I+. The van der Waals surface area contributed by atoms with Gasteiger partial charge in [0.1, 0.15) is 7.85 Å². The van der Waals surface area contributed by atoms with Crippen LogP contribution in [-0.2, 0) is 0 Å². The first-order valence-corrected chi connectivity index (χ1v) is 5.24. The predicted molar refractivity (Wildman–Crippen MR) is 30.3 cm³/mol. The normalized spacial score (nSPS) is 11.1. The Hall–Kier alpha value is 0.730. The van der Waals surface area contributed by atoms with Gasteiger partial charge in [0, 0.05) is 0 Å². The molecule has 0 radical (unpaired) electrons. The molecule has 0 aliphatic carbocycles. The Labute approximate surface area is 56.9 Å². The molecule has 0 rings (SSSR count). The summed E-state index contributed by atoms with van der Waals surface area (Å²) < 4.78 is 1.97. The molecule has 1 heteroatoms. The lowest BCUT2D eigenvalue weighted by Crippen LogP contribution is -3.67. The molecular weight excluding hydrogens is 199 g/mol. The molecule has 0 N–H and O–H groups in total. The molecule has 0 aromatic carbocycles. The van der Waals surface area contributed by atoms with Crippen molar-refractivity contribution in [1.82, 2.24) is 0 Å². The van der Waals surface area contributed by atoms with Gasteiger partial charge in [0.15, 0.2) is 0 Å². The molecule has 0 saturated carbocycles. The van der Waals surface area contributed by atoms with E-state index in [1.54, 1.807) is 0 Å². The van der Waals surface area contributed by atoms with Crippen LogP contribution >= 0.6 is 0 Å². The lowest BCUT2D eigenvalue weighted by Gasteiger charge is -1.87. The van der Waals surface area contributed by atoms with Crippen LogP contribution < -0.4 is 21.2 Å². The Bertz CT molecular complexity index is 33.4. The van der Waals surface area contributed by atoms with Crippen LogP contribution in [0.3, 0.4) is 0 Å². The van der Waals surface area contributed by atoms with E-state index < -0.39 is 0 Å². The fourth-order valence-electron chi connectivity index (χ4n) is 0.504. The minimum absolute atomic E-state index is 0.506. The largest absolute Gasteiger partial charge is 0.274 e. The monoisotopic (exact) mass is 213 g/mol. The van der Waals surface area contributed by atoms with Crippen molar-refractivity contribution in [2.45, 2.75) is 35.5 Å². The van der Waals surface area contributed by atoms with Gasteiger partial charge in [-0.1, -0.05) is 0 Å². The van der Waals surface area contributed by atoms with Gasteiger partial charge in [-0.25, -0.2) is 0 Å². The first-order chi connectivity index (χ1) is 3.13. The van der Waals surface area contributed by atoms with E-state index in [0.717, 1.165) is 7.85 Å². The molecule has 0 saturated heterocycles. The zero-order valence-corrected chi connectivity index (χ0v) is 7.69. The Kier molecular flexibility index (Phi) is 4.08. The Balaban J connectivity index is 2.95. The van der Waals surface area contributed by atoms with Crippen LogP contribution in [-0.4, -0.2) is 7.85 Å². The molecule has 0 unspecified atom stereocenters. The van der Waals surface area contributed by atoms with Gasteiger partial charge in [0.05, 0.1) is 0 Å². The van der Waals surface area contributed by atoms with Crippen molar-refractivity contribution in [3.05, 3.63) is 0 Å². The van der Waals surface area contributed by atoms with Crippen LogP contribution in [0.2, 0.25) is 0 Å². The fourth-order valence-corrected chi connectivity index (χ4v) is 3.38. The summed E-state index contributed by atoms with van der Waals surface area (Å²) in [5, 5.41) is 0. The third-order valence-corrected chi connectivity index (χ3v) is 3.38. The van der Waals surface area contributed by atoms with Gasteiger partial charge in [-0.2, -0.15) is 0 Å². The summed E-state index contributed by atoms with van der Waals surface area (Å²) in [5.74, 6) is 0. The van der Waals surface area contributed by atoms with Crippen LogP contribution in [0.15, 0.2) is 0 Å². The van der Waals surface area contributed by atoms with Gasteiger partial charge in [-0.05, 0) is 27.7 Å². The topological polar surface area (TPSA) is 0 Å². The van der Waals surface area contributed by atoms with Crippen LogP contribution in [0.5, 0.6) is 0 Å². The zero-order chi connectivity index (χ0) is 5.86. The quantitative estimate of drug-likeness (QED) is 0.403. The average molecular weight is 213 g/mol. The second kappa shape index (κ2) is 3.70. The maximum Gasteiger partial charge on any atom is 0.274 e. The smallest absolute Gasteiger partial charge is 0.0183 e. The molecule has 0 aromatic heterocycles. The minimum atomic E-state index is 0.506. The highest BCUT2D eigenvalue weighted by Crippen LogP contribution is 1.61. The number of hydrogen-bond donors (Lipinski definition) is 0. The van der Waals surface area contributed by atoms with Crippen LogP contribution in [0.1, 0.15) is 27.7 Å². The van der Waals surface area contributed by atoms with Gasteiger partial charge >= 0.3 is 0 Å². The second-order valence-corrected chi connectivity index (χ2v) is 7.86. The molecule has 0 bridgehead atoms. The lowest BCUT2D eigenvalue weighted by atomic mass is 10.6. The molecule has 0 atom stereocenters. The summed E-state index contributed by atoms with van der Waals surface area (Å²) in [6.45, 7) is 9.25. The molecule has 0 aliphatic heterocycles. The minimum Gasteiger partial charge on any atom is -0.0183 e. The molecule has 0 nitrogen and oxygen atoms in total. The summed E-state index contributed by atoms with van der Waals surface area (Å²) in [6.07, 6.45) is 0. The van der Waals surface area contributed by atoms with E-state index in [1.165, 1.54) is 0 Å². The number of hydrogen-bond acceptors (Lipinski definition) is 0. The van der Waals surface area contributed by atoms with Crippen LogP contribution in [0.25, 0.3) is 0 Å². The molecule has 0 aromatic rings. The highest BCUT2D eigenvalue weighted by atomic mass is 127. The molecule has 0 spiro atoms. The first-order valence-electron chi connectivity index (χ1n) is 2.75. The molecule has 0 amide bonds. The van der Waals surface area contributed by atoms with Crippen LogP contribution in [0, 0.1) is 0 Å². The maximum absolute atomic E-state index is 2.31. The van der Waals surface area contributed by atoms with Crippen molar-refractivity contribution in [2.75, 3.05) is 0 Å². The molecule has 44 valence electrons. The van der Waals surface area contributed by atoms with Crippen molar-refractivity contribution >= 4 is 0 Å². The van der Waals surface area contributed by atoms with Crippen molar-refractivity contribution < 1.29 is 21.2 Å². The Morgan fingerprint density at radius 2 is 1.14 bits per heavy atom. The van der Waals surface area contributed by atoms with Gasteiger partial charge < -0.3 is 0 Å². The van der Waals surface area contributed by atoms with E-state index in [0.29, 0.717) is 21.2 Å². The molecule has 0 heterocycles. The summed E-state index contributed by atoms with van der Waals surface area (Å²) in [4.78, 5) is 0. The average Bonchev–Trinajstić information content (AvgIpc) is 1.27. The number of rotatable bonds is 2. The highest BCUT2D eigenvalue weighted by Gasteiger charge is 2.15. The van der Waals surface area contributed by atoms with E-state index in [4.69, 9.17) is 0 Å². The highest BCUT2D eigenvalue weighted by molar-refractivity contribution is 4.31. The summed E-state index contributed by atoms with van der Waals surface area (Å²) in [5.41, 5.74) is 0. The van der Waals surface area contributed by atoms with Crippen molar-refractivity contribution in [2.24, 2.45) is 0 Å². The summed E-state index contributed by atoms with van der Waals surface area (Å²) in [6, 6.07) is 0. The first kappa shape index (κ1) is 7.73. The van der Waals surface area contributed by atoms with E-state index in [9.17, 15) is 0 Å². The van der Waals surface area contributed by atoms with Gasteiger partial charge in [0.25, 0.3) is 21.2 Å². The lowest BCUT2D eigenvalue weighted by molar-refractivity contribution is -0.709. The van der Waals surface area contributed by atoms with E-state index >= 15 is 0 Å². The van der Waals surface area contributed by atoms with Crippen molar-refractivity contribution in [1.29, 1.82) is 0 Å². The summed E-state index contributed by atoms with van der Waals surface area (Å²) in [7, 11) is 0. The van der Waals surface area contributed by atoms with E-state index in [2.05, 4.69) is 27.7 Å². The SMILES string of the molecule is CC(C)[I+]C(C)C. The zero-order valence-electron chi connectivity index (χ0n) is 5.53. The standard InChI is InChI=1S/C6H14I/c1-5(2)7-6(3)4/h5-6H,1-4H3/q+1. The maximum atomic E-state index is 2.31. The molecule has 0 fully saturated rings. The van der Waals surface area contributed by atoms with E-state index in [-0.39, 0.29) is 0 Å². The van der Waals surface area contributed by atoms with Gasteiger partial charge in [-0.3, -0.25) is 0 Å². The predicted octanol–water partition coefficient (Wildman–Crippen LogP) is -1.11. The number of alkyl halides is 2. The Morgan fingerprint density at radius 3 is 1.14 bits per heavy atom. The third-order valence-electron chi connectivity index (χ3n) is 0.504. The summed E-state index contributed by atoms with van der Waals surface area (Å²) >= 11 is 0.506. The van der Waals surface area contributed by atoms with Crippen molar-refractivity contribution in [3.63, 3.8) is 0 Å². The number of halogens is 1. The molecule has 7 heavy (non-hydrogen) atoms. The van der Waals surface area contributed by atoms with Gasteiger partial charge in [-0.15, -0.1) is 0 Å². The second-order valence-electron chi connectivity index (χ2n) is 2.15.